The summed E-state index contributed by atoms with van der Waals surface area (Å²) in [7, 11) is 0. The first kappa shape index (κ1) is 24.2. The second-order valence-corrected chi connectivity index (χ2v) is 7.11. The van der Waals surface area contributed by atoms with Gasteiger partial charge in [0, 0.05) is 0 Å². The van der Waals surface area contributed by atoms with Gasteiger partial charge < -0.3 is 10.6 Å². The normalized spacial score (nSPS) is 27.4. The van der Waals surface area contributed by atoms with Gasteiger partial charge in [-0.15, -0.1) is 0 Å². The van der Waals surface area contributed by atoms with Crippen LogP contribution in [0.2, 0.25) is 0 Å². The minimum absolute atomic E-state index is 0. The first-order valence-electron chi connectivity index (χ1n) is 9.13. The topological polar surface area (TPSA) is 24.1 Å². The van der Waals surface area contributed by atoms with Crippen molar-refractivity contribution in [1.82, 2.24) is 10.6 Å². The molecule has 0 bridgehead atoms. The number of nitrogens with one attached hydrogen (secondary N) is 2. The zero-order valence-electron chi connectivity index (χ0n) is 14.2. The van der Waals surface area contributed by atoms with Gasteiger partial charge in [-0.2, -0.15) is 0 Å². The van der Waals surface area contributed by atoms with Crippen LogP contribution in [-0.4, -0.2) is 26.2 Å². The molecule has 2 heteroatoms. The van der Waals surface area contributed by atoms with Crippen LogP contribution in [0.1, 0.15) is 87.0 Å². The second kappa shape index (κ2) is 15.8. The highest BCUT2D eigenvalue weighted by molar-refractivity contribution is 4.68. The lowest BCUT2D eigenvalue weighted by molar-refractivity contribution is 0.385. The van der Waals surface area contributed by atoms with Gasteiger partial charge >= 0.3 is 0 Å². The van der Waals surface area contributed by atoms with Gasteiger partial charge in [-0.25, -0.2) is 0 Å². The standard InChI is InChI=1S/C7H14.C6H13N.C5H11N.2CH4/c1-7-5-3-2-4-6-7;1-2-6-3-4-7-5-6;1-5-2-3-6-4-5;;/h7H,2-6H2,1H3;6-7H,2-5H2,1H3;5-6H,2-4H2,1H3;2*1H4. The van der Waals surface area contributed by atoms with E-state index in [1.807, 2.05) is 0 Å². The summed E-state index contributed by atoms with van der Waals surface area (Å²) in [5.41, 5.74) is 0. The highest BCUT2D eigenvalue weighted by atomic mass is 14.9. The van der Waals surface area contributed by atoms with E-state index in [0.29, 0.717) is 0 Å². The SMILES string of the molecule is C.C.CC1CCCCC1.CC1CCNC1.CCC1CCNC1. The van der Waals surface area contributed by atoms with E-state index < -0.39 is 0 Å². The molecule has 3 rings (SSSR count). The van der Waals surface area contributed by atoms with E-state index in [1.165, 1.54) is 77.5 Å². The average molecular weight is 315 g/mol. The Morgan fingerprint density at radius 1 is 0.727 bits per heavy atom. The third-order valence-electron chi connectivity index (χ3n) is 4.94. The van der Waals surface area contributed by atoms with Crippen LogP contribution in [0.4, 0.5) is 0 Å². The molecule has 2 aliphatic heterocycles. The molecule has 2 N–H and O–H groups in total. The monoisotopic (exact) mass is 314 g/mol. The van der Waals surface area contributed by atoms with Gasteiger partial charge in [0.15, 0.2) is 0 Å². The molecule has 22 heavy (non-hydrogen) atoms. The van der Waals surface area contributed by atoms with Crippen molar-refractivity contribution in [1.29, 1.82) is 0 Å². The molecular weight excluding hydrogens is 268 g/mol. The molecule has 3 aliphatic rings. The minimum atomic E-state index is 0. The highest BCUT2D eigenvalue weighted by Crippen LogP contribution is 2.22. The summed E-state index contributed by atoms with van der Waals surface area (Å²) >= 11 is 0. The maximum Gasteiger partial charge on any atom is -0.00201 e. The van der Waals surface area contributed by atoms with Crippen molar-refractivity contribution in [2.24, 2.45) is 17.8 Å². The van der Waals surface area contributed by atoms with Crippen molar-refractivity contribution in [2.45, 2.75) is 87.0 Å². The van der Waals surface area contributed by atoms with Gasteiger partial charge in [-0.3, -0.25) is 0 Å². The van der Waals surface area contributed by atoms with E-state index >= 15 is 0 Å². The predicted octanol–water partition coefficient (Wildman–Crippen LogP) is 5.48. The van der Waals surface area contributed by atoms with E-state index in [4.69, 9.17) is 0 Å². The lowest BCUT2D eigenvalue weighted by Gasteiger charge is -2.15. The molecule has 0 amide bonds. The molecule has 3 fully saturated rings. The summed E-state index contributed by atoms with van der Waals surface area (Å²) in [6.45, 7) is 11.9. The second-order valence-electron chi connectivity index (χ2n) is 7.11. The Hall–Kier alpha value is -0.0800. The van der Waals surface area contributed by atoms with Gasteiger partial charge in [0.05, 0.1) is 0 Å². The first-order valence-corrected chi connectivity index (χ1v) is 9.13. The van der Waals surface area contributed by atoms with Crippen molar-refractivity contribution in [3.8, 4) is 0 Å². The summed E-state index contributed by atoms with van der Waals surface area (Å²) in [6, 6.07) is 0. The van der Waals surface area contributed by atoms with Crippen molar-refractivity contribution >= 4 is 0 Å². The molecule has 0 radical (unpaired) electrons. The summed E-state index contributed by atoms with van der Waals surface area (Å²) in [4.78, 5) is 0. The van der Waals surface area contributed by atoms with E-state index in [1.54, 1.807) is 0 Å². The third-order valence-corrected chi connectivity index (χ3v) is 4.94. The molecule has 0 aromatic rings. The zero-order valence-corrected chi connectivity index (χ0v) is 14.2. The Morgan fingerprint density at radius 2 is 1.32 bits per heavy atom. The van der Waals surface area contributed by atoms with E-state index in [9.17, 15) is 0 Å². The quantitative estimate of drug-likeness (QED) is 0.669. The molecule has 2 saturated heterocycles. The maximum atomic E-state index is 3.32. The number of rotatable bonds is 1. The predicted molar refractivity (Wildman–Crippen MR) is 104 cm³/mol. The molecular formula is C20H46N2. The number of hydrogen-bond donors (Lipinski definition) is 2. The molecule has 2 atom stereocenters. The molecule has 0 aromatic carbocycles. The van der Waals surface area contributed by atoms with Gasteiger partial charge in [-0.05, 0) is 56.8 Å². The Bertz CT molecular complexity index is 200. The first-order chi connectivity index (χ1) is 9.72. The summed E-state index contributed by atoms with van der Waals surface area (Å²) in [5.74, 6) is 2.96. The molecule has 1 aliphatic carbocycles. The van der Waals surface area contributed by atoms with Crippen LogP contribution in [0.5, 0.6) is 0 Å². The van der Waals surface area contributed by atoms with Crippen molar-refractivity contribution in [3.63, 3.8) is 0 Å². The largest absolute Gasteiger partial charge is 0.316 e. The van der Waals surface area contributed by atoms with E-state index in [0.717, 1.165) is 17.8 Å². The molecule has 2 nitrogen and oxygen atoms in total. The highest BCUT2D eigenvalue weighted by Gasteiger charge is 2.10. The lowest BCUT2D eigenvalue weighted by Crippen LogP contribution is -2.07. The molecule has 2 heterocycles. The van der Waals surface area contributed by atoms with Crippen molar-refractivity contribution in [2.75, 3.05) is 26.2 Å². The minimum Gasteiger partial charge on any atom is -0.316 e. The van der Waals surface area contributed by atoms with Crippen LogP contribution < -0.4 is 10.6 Å². The van der Waals surface area contributed by atoms with Crippen LogP contribution in [0.3, 0.4) is 0 Å². The van der Waals surface area contributed by atoms with Gasteiger partial charge in [-0.1, -0.05) is 74.1 Å². The third kappa shape index (κ3) is 12.5. The molecule has 136 valence electrons. The summed E-state index contributed by atoms with van der Waals surface area (Å²) in [6.07, 6.45) is 11.6. The van der Waals surface area contributed by atoms with Crippen LogP contribution >= 0.6 is 0 Å². The number of hydrogen-bond acceptors (Lipinski definition) is 2. The van der Waals surface area contributed by atoms with Crippen molar-refractivity contribution in [3.05, 3.63) is 0 Å². The molecule has 0 aromatic heterocycles. The molecule has 1 saturated carbocycles. The zero-order chi connectivity index (χ0) is 14.6. The summed E-state index contributed by atoms with van der Waals surface area (Å²) < 4.78 is 0. The fourth-order valence-corrected chi connectivity index (χ4v) is 3.17. The Balaban J connectivity index is 0. The van der Waals surface area contributed by atoms with Crippen molar-refractivity contribution < 1.29 is 0 Å². The molecule has 2 unspecified atom stereocenters. The average Bonchev–Trinajstić information content (AvgIpc) is 3.14. The van der Waals surface area contributed by atoms with Crippen LogP contribution in [0, 0.1) is 17.8 Å². The fourth-order valence-electron chi connectivity index (χ4n) is 3.17. The maximum absolute atomic E-state index is 3.32. The van der Waals surface area contributed by atoms with E-state index in [-0.39, 0.29) is 14.9 Å². The van der Waals surface area contributed by atoms with Crippen LogP contribution in [0.15, 0.2) is 0 Å². The van der Waals surface area contributed by atoms with Crippen LogP contribution in [0.25, 0.3) is 0 Å². The smallest absolute Gasteiger partial charge is 0.00201 e. The van der Waals surface area contributed by atoms with E-state index in [2.05, 4.69) is 31.4 Å². The Kier molecular flexibility index (Phi) is 17.4. The van der Waals surface area contributed by atoms with Gasteiger partial charge in [0.25, 0.3) is 0 Å². The van der Waals surface area contributed by atoms with Crippen LogP contribution in [-0.2, 0) is 0 Å². The summed E-state index contributed by atoms with van der Waals surface area (Å²) in [5, 5.41) is 6.60. The van der Waals surface area contributed by atoms with Gasteiger partial charge in [0.1, 0.15) is 0 Å². The fraction of sp³-hybridized carbons (Fsp3) is 1.00. The lowest BCUT2D eigenvalue weighted by atomic mass is 9.91. The molecule has 0 spiro atoms. The Labute approximate surface area is 142 Å². The Morgan fingerprint density at radius 3 is 1.55 bits per heavy atom. The van der Waals surface area contributed by atoms with Gasteiger partial charge in [0.2, 0.25) is 0 Å².